The van der Waals surface area contributed by atoms with Crippen LogP contribution >= 0.6 is 0 Å². The molecular formula is C16H26N4O4. The van der Waals surface area contributed by atoms with Crippen molar-refractivity contribution >= 4 is 11.9 Å². The van der Waals surface area contributed by atoms with Gasteiger partial charge in [0.25, 0.3) is 0 Å². The van der Waals surface area contributed by atoms with Gasteiger partial charge in [-0.3, -0.25) is 24.7 Å². The molecule has 4 aliphatic heterocycles. The number of ether oxygens (including phenoxy) is 2. The first-order valence-corrected chi connectivity index (χ1v) is 8.99. The summed E-state index contributed by atoms with van der Waals surface area (Å²) in [6.45, 7) is 6.82. The van der Waals surface area contributed by atoms with Gasteiger partial charge in [0.2, 0.25) is 0 Å². The first-order valence-electron chi connectivity index (χ1n) is 8.99. The zero-order chi connectivity index (χ0) is 16.6. The maximum atomic E-state index is 12.4. The number of carbonyl (C=O) groups excluding carboxylic acids is 2. The maximum Gasteiger partial charge on any atom is 0.323 e. The zero-order valence-electron chi connectivity index (χ0n) is 14.0. The van der Waals surface area contributed by atoms with E-state index in [1.807, 2.05) is 0 Å². The van der Waals surface area contributed by atoms with Crippen molar-refractivity contribution in [3.05, 3.63) is 0 Å². The van der Waals surface area contributed by atoms with E-state index in [1.54, 1.807) is 0 Å². The van der Waals surface area contributed by atoms with Gasteiger partial charge in [0.1, 0.15) is 6.04 Å². The van der Waals surface area contributed by atoms with Crippen molar-refractivity contribution in [1.29, 1.82) is 0 Å². The lowest BCUT2D eigenvalue weighted by molar-refractivity contribution is -0.151. The van der Waals surface area contributed by atoms with Crippen LogP contribution in [0.5, 0.6) is 0 Å². The van der Waals surface area contributed by atoms with Gasteiger partial charge in [0, 0.05) is 52.2 Å². The molecule has 4 aliphatic rings. The smallest absolute Gasteiger partial charge is 0.323 e. The van der Waals surface area contributed by atoms with E-state index in [2.05, 4.69) is 20.4 Å². The van der Waals surface area contributed by atoms with Crippen LogP contribution in [0, 0.1) is 5.92 Å². The van der Waals surface area contributed by atoms with Crippen LogP contribution in [0.3, 0.4) is 0 Å². The van der Waals surface area contributed by atoms with E-state index in [9.17, 15) is 9.59 Å². The van der Waals surface area contributed by atoms with Crippen molar-refractivity contribution in [3.63, 3.8) is 0 Å². The van der Waals surface area contributed by atoms with Gasteiger partial charge in [-0.1, -0.05) is 0 Å². The van der Waals surface area contributed by atoms with Gasteiger partial charge in [-0.2, -0.15) is 0 Å². The number of esters is 2. The SMILES string of the molecule is O=C1OCCC1N1CCNC(C2CCOC2=O)(N2CCNCC2)C1. The van der Waals surface area contributed by atoms with Crippen LogP contribution in [-0.2, 0) is 19.1 Å². The molecule has 4 heterocycles. The van der Waals surface area contributed by atoms with Crippen LogP contribution < -0.4 is 10.6 Å². The summed E-state index contributed by atoms with van der Waals surface area (Å²) in [5.74, 6) is -0.423. The van der Waals surface area contributed by atoms with E-state index < -0.39 is 5.66 Å². The standard InChI is InChI=1S/C16H26N4O4/c21-14-12(1-9-23-14)16(20-7-3-17-4-8-20)11-19(6-5-18-16)13-2-10-24-15(13)22/h12-13,17-18H,1-11H2. The largest absolute Gasteiger partial charge is 0.465 e. The summed E-state index contributed by atoms with van der Waals surface area (Å²) in [4.78, 5) is 29.0. The lowest BCUT2D eigenvalue weighted by Gasteiger charge is -2.54. The van der Waals surface area contributed by atoms with Crippen LogP contribution in [-0.4, -0.2) is 92.5 Å². The predicted octanol–water partition coefficient (Wildman–Crippen LogP) is -1.63. The average Bonchev–Trinajstić information content (AvgIpc) is 3.24. The quantitative estimate of drug-likeness (QED) is 0.594. The van der Waals surface area contributed by atoms with Crippen molar-refractivity contribution in [2.45, 2.75) is 24.5 Å². The summed E-state index contributed by atoms with van der Waals surface area (Å²) < 4.78 is 10.4. The Morgan fingerprint density at radius 1 is 0.958 bits per heavy atom. The monoisotopic (exact) mass is 338 g/mol. The highest BCUT2D eigenvalue weighted by atomic mass is 16.5. The Labute approximate surface area is 141 Å². The summed E-state index contributed by atoms with van der Waals surface area (Å²) in [5, 5.41) is 7.02. The van der Waals surface area contributed by atoms with Gasteiger partial charge in [0.05, 0.1) is 24.8 Å². The molecule has 2 N–H and O–H groups in total. The molecule has 4 saturated heterocycles. The van der Waals surface area contributed by atoms with E-state index in [4.69, 9.17) is 9.47 Å². The Hall–Kier alpha value is -1.22. The summed E-state index contributed by atoms with van der Waals surface area (Å²) in [5.41, 5.74) is -0.448. The molecule has 0 bridgehead atoms. The summed E-state index contributed by atoms with van der Waals surface area (Å²) >= 11 is 0. The van der Waals surface area contributed by atoms with E-state index in [1.165, 1.54) is 0 Å². The van der Waals surface area contributed by atoms with E-state index >= 15 is 0 Å². The molecule has 134 valence electrons. The predicted molar refractivity (Wildman–Crippen MR) is 85.2 cm³/mol. The number of hydrogen-bond acceptors (Lipinski definition) is 8. The lowest BCUT2D eigenvalue weighted by atomic mass is 9.86. The van der Waals surface area contributed by atoms with Gasteiger partial charge in [-0.25, -0.2) is 0 Å². The molecule has 24 heavy (non-hydrogen) atoms. The minimum atomic E-state index is -0.448. The van der Waals surface area contributed by atoms with Gasteiger partial charge in [0.15, 0.2) is 0 Å². The van der Waals surface area contributed by atoms with E-state index in [-0.39, 0.29) is 23.9 Å². The van der Waals surface area contributed by atoms with E-state index in [0.29, 0.717) is 19.8 Å². The maximum absolute atomic E-state index is 12.4. The van der Waals surface area contributed by atoms with Crippen molar-refractivity contribution in [1.82, 2.24) is 20.4 Å². The van der Waals surface area contributed by atoms with Gasteiger partial charge in [-0.15, -0.1) is 0 Å². The van der Waals surface area contributed by atoms with Crippen molar-refractivity contribution in [3.8, 4) is 0 Å². The van der Waals surface area contributed by atoms with Crippen LogP contribution in [0.1, 0.15) is 12.8 Å². The Morgan fingerprint density at radius 2 is 1.71 bits per heavy atom. The van der Waals surface area contributed by atoms with Gasteiger partial charge >= 0.3 is 11.9 Å². The Kier molecular flexibility index (Phi) is 4.46. The number of hydrogen-bond donors (Lipinski definition) is 2. The van der Waals surface area contributed by atoms with Crippen molar-refractivity contribution in [2.24, 2.45) is 5.92 Å². The molecule has 0 saturated carbocycles. The minimum absolute atomic E-state index is 0.114. The van der Waals surface area contributed by atoms with Gasteiger partial charge in [-0.05, 0) is 6.42 Å². The molecule has 3 unspecified atom stereocenters. The zero-order valence-corrected chi connectivity index (χ0v) is 14.0. The number of rotatable bonds is 3. The molecule has 0 aromatic carbocycles. The first-order chi connectivity index (χ1) is 11.7. The Morgan fingerprint density at radius 3 is 2.38 bits per heavy atom. The second kappa shape index (κ2) is 6.59. The fraction of sp³-hybridized carbons (Fsp3) is 0.875. The number of nitrogens with one attached hydrogen (secondary N) is 2. The second-order valence-corrected chi connectivity index (χ2v) is 7.04. The summed E-state index contributed by atoms with van der Waals surface area (Å²) in [6.07, 6.45) is 1.48. The highest BCUT2D eigenvalue weighted by Gasteiger charge is 2.53. The van der Waals surface area contributed by atoms with Crippen LogP contribution in [0.25, 0.3) is 0 Å². The normalized spacial score (nSPS) is 39.0. The molecule has 4 rings (SSSR count). The molecule has 0 amide bonds. The summed E-state index contributed by atoms with van der Waals surface area (Å²) in [6, 6.07) is -0.174. The molecule has 8 nitrogen and oxygen atoms in total. The molecule has 0 aromatic heterocycles. The molecule has 0 radical (unpaired) electrons. The topological polar surface area (TPSA) is 83.1 Å². The first kappa shape index (κ1) is 16.3. The fourth-order valence-electron chi connectivity index (χ4n) is 4.60. The average molecular weight is 338 g/mol. The Balaban J connectivity index is 1.61. The molecule has 0 aromatic rings. The third kappa shape index (κ3) is 2.71. The highest BCUT2D eigenvalue weighted by Crippen LogP contribution is 2.34. The van der Waals surface area contributed by atoms with Gasteiger partial charge < -0.3 is 14.8 Å². The molecule has 8 heteroatoms. The van der Waals surface area contributed by atoms with Crippen molar-refractivity contribution < 1.29 is 19.1 Å². The van der Waals surface area contributed by atoms with Crippen LogP contribution in [0.15, 0.2) is 0 Å². The molecule has 4 fully saturated rings. The number of nitrogens with zero attached hydrogens (tertiary/aromatic N) is 2. The van der Waals surface area contributed by atoms with Crippen LogP contribution in [0.2, 0.25) is 0 Å². The number of carbonyl (C=O) groups is 2. The number of cyclic esters (lactones) is 2. The Bertz CT molecular complexity index is 510. The third-order valence-corrected chi connectivity index (χ3v) is 5.82. The molecule has 0 spiro atoms. The molecule has 3 atom stereocenters. The third-order valence-electron chi connectivity index (χ3n) is 5.82. The minimum Gasteiger partial charge on any atom is -0.465 e. The molecule has 0 aliphatic carbocycles. The second-order valence-electron chi connectivity index (χ2n) is 7.04. The summed E-state index contributed by atoms with van der Waals surface area (Å²) in [7, 11) is 0. The van der Waals surface area contributed by atoms with E-state index in [0.717, 1.165) is 52.1 Å². The highest BCUT2D eigenvalue weighted by molar-refractivity contribution is 5.78. The number of piperazine rings is 2. The van der Waals surface area contributed by atoms with Crippen molar-refractivity contribution in [2.75, 3.05) is 59.0 Å². The fourth-order valence-corrected chi connectivity index (χ4v) is 4.60. The lowest BCUT2D eigenvalue weighted by Crippen LogP contribution is -2.75. The van der Waals surface area contributed by atoms with Crippen LogP contribution in [0.4, 0.5) is 0 Å². The molecular weight excluding hydrogens is 312 g/mol.